The Morgan fingerprint density at radius 2 is 2.22 bits per heavy atom. The van der Waals surface area contributed by atoms with Gasteiger partial charge in [-0.25, -0.2) is 0 Å². The lowest BCUT2D eigenvalue weighted by Crippen LogP contribution is -2.23. The van der Waals surface area contributed by atoms with E-state index in [1.807, 2.05) is 0 Å². The molecule has 4 nitrogen and oxygen atoms in total. The molecule has 0 aliphatic heterocycles. The summed E-state index contributed by atoms with van der Waals surface area (Å²) in [5.74, 6) is -0.203. The zero-order valence-electron chi connectivity index (χ0n) is 10.4. The molecule has 2 rings (SSSR count). The minimum atomic E-state index is -0.203. The SMILES string of the molecule is Cc1cc(CNC(=O)c2cc(N)ccn2)sc1C. The van der Waals surface area contributed by atoms with Gasteiger partial charge in [0, 0.05) is 21.6 Å². The fourth-order valence-corrected chi connectivity index (χ4v) is 2.56. The summed E-state index contributed by atoms with van der Waals surface area (Å²) in [6, 6.07) is 5.32. The molecule has 2 aromatic rings. The van der Waals surface area contributed by atoms with Gasteiger partial charge in [-0.15, -0.1) is 11.3 Å². The molecule has 0 fully saturated rings. The molecule has 0 saturated heterocycles. The minimum absolute atomic E-state index is 0.203. The number of thiophene rings is 1. The lowest BCUT2D eigenvalue weighted by atomic mass is 10.3. The third-order valence-corrected chi connectivity index (χ3v) is 3.81. The van der Waals surface area contributed by atoms with Crippen LogP contribution in [0, 0.1) is 13.8 Å². The summed E-state index contributed by atoms with van der Waals surface area (Å²) >= 11 is 1.69. The second kappa shape index (κ2) is 5.18. The maximum absolute atomic E-state index is 11.8. The van der Waals surface area contributed by atoms with E-state index in [4.69, 9.17) is 5.73 Å². The first-order valence-electron chi connectivity index (χ1n) is 5.62. The van der Waals surface area contributed by atoms with Crippen LogP contribution in [0.5, 0.6) is 0 Å². The normalized spacial score (nSPS) is 10.3. The highest BCUT2D eigenvalue weighted by molar-refractivity contribution is 7.12. The molecular weight excluding hydrogens is 246 g/mol. The van der Waals surface area contributed by atoms with Gasteiger partial charge in [-0.2, -0.15) is 0 Å². The molecule has 94 valence electrons. The molecule has 0 bridgehead atoms. The zero-order valence-corrected chi connectivity index (χ0v) is 11.2. The first-order valence-corrected chi connectivity index (χ1v) is 6.43. The molecule has 1 amide bonds. The molecule has 0 saturated carbocycles. The van der Waals surface area contributed by atoms with Crippen molar-refractivity contribution < 1.29 is 4.79 Å². The van der Waals surface area contributed by atoms with Gasteiger partial charge in [-0.3, -0.25) is 9.78 Å². The van der Waals surface area contributed by atoms with Crippen LogP contribution in [0.15, 0.2) is 24.4 Å². The van der Waals surface area contributed by atoms with E-state index in [0.717, 1.165) is 4.88 Å². The molecule has 0 aliphatic carbocycles. The van der Waals surface area contributed by atoms with Crippen LogP contribution < -0.4 is 11.1 Å². The maximum atomic E-state index is 11.8. The smallest absolute Gasteiger partial charge is 0.270 e. The fourth-order valence-electron chi connectivity index (χ4n) is 1.57. The number of hydrogen-bond acceptors (Lipinski definition) is 4. The zero-order chi connectivity index (χ0) is 13.1. The number of aromatic nitrogens is 1. The van der Waals surface area contributed by atoms with Crippen LogP contribution in [0.1, 0.15) is 25.8 Å². The molecular formula is C13H15N3OS. The van der Waals surface area contributed by atoms with Crippen molar-refractivity contribution in [2.45, 2.75) is 20.4 Å². The molecule has 0 radical (unpaired) electrons. The number of anilines is 1. The van der Waals surface area contributed by atoms with Crippen molar-refractivity contribution in [2.24, 2.45) is 0 Å². The van der Waals surface area contributed by atoms with Crippen LogP contribution in [-0.2, 0) is 6.54 Å². The summed E-state index contributed by atoms with van der Waals surface area (Å²) in [6.07, 6.45) is 1.53. The lowest BCUT2D eigenvalue weighted by molar-refractivity contribution is 0.0946. The largest absolute Gasteiger partial charge is 0.399 e. The summed E-state index contributed by atoms with van der Waals surface area (Å²) in [5, 5.41) is 2.84. The van der Waals surface area contributed by atoms with E-state index in [1.54, 1.807) is 23.5 Å². The Bertz CT molecular complexity index is 558. The number of rotatable bonds is 3. The van der Waals surface area contributed by atoms with Crippen molar-refractivity contribution >= 4 is 22.9 Å². The van der Waals surface area contributed by atoms with E-state index in [2.05, 4.69) is 30.2 Å². The number of nitrogens with one attached hydrogen (secondary N) is 1. The fraction of sp³-hybridized carbons (Fsp3) is 0.231. The maximum Gasteiger partial charge on any atom is 0.270 e. The van der Waals surface area contributed by atoms with Crippen molar-refractivity contribution in [3.8, 4) is 0 Å². The van der Waals surface area contributed by atoms with E-state index in [9.17, 15) is 4.79 Å². The molecule has 2 aromatic heterocycles. The molecule has 2 heterocycles. The van der Waals surface area contributed by atoms with Gasteiger partial charge in [0.2, 0.25) is 0 Å². The second-order valence-electron chi connectivity index (χ2n) is 4.11. The van der Waals surface area contributed by atoms with Crippen LogP contribution >= 0.6 is 11.3 Å². The highest BCUT2D eigenvalue weighted by atomic mass is 32.1. The molecule has 18 heavy (non-hydrogen) atoms. The number of carbonyl (C=O) groups is 1. The van der Waals surface area contributed by atoms with Gasteiger partial charge in [0.1, 0.15) is 5.69 Å². The standard InChI is InChI=1S/C13H15N3OS/c1-8-5-11(18-9(8)2)7-16-13(17)12-6-10(14)3-4-15-12/h3-6H,7H2,1-2H3,(H2,14,15)(H,16,17). The highest BCUT2D eigenvalue weighted by Crippen LogP contribution is 2.20. The van der Waals surface area contributed by atoms with E-state index < -0.39 is 0 Å². The minimum Gasteiger partial charge on any atom is -0.399 e. The third kappa shape index (κ3) is 2.87. The van der Waals surface area contributed by atoms with Gasteiger partial charge >= 0.3 is 0 Å². The van der Waals surface area contributed by atoms with Gasteiger partial charge in [0.25, 0.3) is 5.91 Å². The van der Waals surface area contributed by atoms with Crippen molar-refractivity contribution in [3.63, 3.8) is 0 Å². The molecule has 0 spiro atoms. The number of pyridine rings is 1. The summed E-state index contributed by atoms with van der Waals surface area (Å²) in [6.45, 7) is 4.66. The first-order chi connectivity index (χ1) is 8.56. The van der Waals surface area contributed by atoms with Crippen LogP contribution in [0.25, 0.3) is 0 Å². The molecule has 0 aliphatic rings. The van der Waals surface area contributed by atoms with Crippen LogP contribution in [0.4, 0.5) is 5.69 Å². The molecule has 3 N–H and O–H groups in total. The number of nitrogen functional groups attached to an aromatic ring is 1. The summed E-state index contributed by atoms with van der Waals surface area (Å²) < 4.78 is 0. The number of carbonyl (C=O) groups excluding carboxylic acids is 1. The van der Waals surface area contributed by atoms with E-state index in [0.29, 0.717) is 17.9 Å². The molecule has 5 heteroatoms. The summed E-state index contributed by atoms with van der Waals surface area (Å²) in [4.78, 5) is 18.2. The Labute approximate surface area is 110 Å². The second-order valence-corrected chi connectivity index (χ2v) is 5.45. The Kier molecular flexibility index (Phi) is 3.62. The topological polar surface area (TPSA) is 68.0 Å². The van der Waals surface area contributed by atoms with Crippen molar-refractivity contribution in [1.82, 2.24) is 10.3 Å². The number of aryl methyl sites for hydroxylation is 2. The van der Waals surface area contributed by atoms with E-state index in [1.165, 1.54) is 16.6 Å². The monoisotopic (exact) mass is 261 g/mol. The number of nitrogens with zero attached hydrogens (tertiary/aromatic N) is 1. The summed E-state index contributed by atoms with van der Waals surface area (Å²) in [5.41, 5.74) is 7.75. The quantitative estimate of drug-likeness (QED) is 0.890. The Morgan fingerprint density at radius 3 is 2.83 bits per heavy atom. The summed E-state index contributed by atoms with van der Waals surface area (Å²) in [7, 11) is 0. The van der Waals surface area contributed by atoms with Crippen LogP contribution in [0.3, 0.4) is 0 Å². The van der Waals surface area contributed by atoms with Gasteiger partial charge in [-0.1, -0.05) is 0 Å². The Balaban J connectivity index is 2.00. The highest BCUT2D eigenvalue weighted by Gasteiger charge is 2.08. The van der Waals surface area contributed by atoms with E-state index in [-0.39, 0.29) is 5.91 Å². The van der Waals surface area contributed by atoms with Gasteiger partial charge in [-0.05, 0) is 37.6 Å². The van der Waals surface area contributed by atoms with Gasteiger partial charge < -0.3 is 11.1 Å². The molecule has 0 unspecified atom stereocenters. The van der Waals surface area contributed by atoms with Crippen molar-refractivity contribution in [1.29, 1.82) is 0 Å². The van der Waals surface area contributed by atoms with Crippen molar-refractivity contribution in [2.75, 3.05) is 5.73 Å². The Morgan fingerprint density at radius 1 is 1.44 bits per heavy atom. The molecule has 0 aromatic carbocycles. The van der Waals surface area contributed by atoms with Crippen LogP contribution in [-0.4, -0.2) is 10.9 Å². The average Bonchev–Trinajstić information content (AvgIpc) is 2.66. The predicted molar refractivity (Wildman–Crippen MR) is 73.6 cm³/mol. The van der Waals surface area contributed by atoms with E-state index >= 15 is 0 Å². The molecule has 0 atom stereocenters. The van der Waals surface area contributed by atoms with Crippen LogP contribution in [0.2, 0.25) is 0 Å². The van der Waals surface area contributed by atoms with Gasteiger partial charge in [0.05, 0.1) is 6.54 Å². The average molecular weight is 261 g/mol. The lowest BCUT2D eigenvalue weighted by Gasteiger charge is -2.03. The Hall–Kier alpha value is -1.88. The van der Waals surface area contributed by atoms with Crippen molar-refractivity contribution in [3.05, 3.63) is 45.4 Å². The number of nitrogens with two attached hydrogens (primary N) is 1. The predicted octanol–water partition coefficient (Wildman–Crippen LogP) is 2.27. The third-order valence-electron chi connectivity index (χ3n) is 2.66. The number of amides is 1. The number of hydrogen-bond donors (Lipinski definition) is 2. The van der Waals surface area contributed by atoms with Gasteiger partial charge in [0.15, 0.2) is 0 Å². The first kappa shape index (κ1) is 12.6.